The maximum absolute atomic E-state index is 13.3. The zero-order valence-electron chi connectivity index (χ0n) is 18.4. The van der Waals surface area contributed by atoms with Gasteiger partial charge in [-0.2, -0.15) is 0 Å². The molecule has 0 unspecified atom stereocenters. The first kappa shape index (κ1) is 22.6. The van der Waals surface area contributed by atoms with Crippen LogP contribution < -0.4 is 0 Å². The molecule has 0 spiro atoms. The van der Waals surface area contributed by atoms with Gasteiger partial charge in [0.25, 0.3) is 0 Å². The van der Waals surface area contributed by atoms with Crippen molar-refractivity contribution in [3.05, 3.63) is 115 Å². The fraction of sp³-hybridized carbons (Fsp3) is 0.148. The van der Waals surface area contributed by atoms with E-state index < -0.39 is 0 Å². The van der Waals surface area contributed by atoms with E-state index in [4.69, 9.17) is 0 Å². The monoisotopic (exact) mass is 454 g/mol. The second-order valence-electron chi connectivity index (χ2n) is 7.58. The van der Waals surface area contributed by atoms with Gasteiger partial charge in [0.15, 0.2) is 11.0 Å². The van der Waals surface area contributed by atoms with Crippen LogP contribution in [0.2, 0.25) is 0 Å². The number of hydrogen-bond acceptors (Lipinski definition) is 4. The summed E-state index contributed by atoms with van der Waals surface area (Å²) >= 11 is 1.41. The summed E-state index contributed by atoms with van der Waals surface area (Å²) in [5, 5.41) is 9.46. The molecule has 0 aliphatic carbocycles. The second kappa shape index (κ2) is 11.3. The molecule has 1 heterocycles. The smallest absolute Gasteiger partial charge is 0.233 e. The minimum Gasteiger partial charge on any atom is -0.333 e. The molecule has 0 atom stereocenters. The number of hydrogen-bond donors (Lipinski definition) is 0. The highest BCUT2D eigenvalue weighted by Crippen LogP contribution is 2.24. The van der Waals surface area contributed by atoms with Gasteiger partial charge in [0.2, 0.25) is 5.91 Å². The highest BCUT2D eigenvalue weighted by molar-refractivity contribution is 7.99. The number of amides is 1. The molecule has 6 heteroatoms. The number of nitrogens with zero attached hydrogens (tertiary/aromatic N) is 4. The van der Waals surface area contributed by atoms with Crippen molar-refractivity contribution in [2.24, 2.45) is 0 Å². The third-order valence-electron chi connectivity index (χ3n) is 5.17. The van der Waals surface area contributed by atoms with Gasteiger partial charge in [-0.05, 0) is 11.1 Å². The molecule has 0 N–H and O–H groups in total. The van der Waals surface area contributed by atoms with E-state index in [1.807, 2.05) is 107 Å². The van der Waals surface area contributed by atoms with Crippen LogP contribution in [0.5, 0.6) is 0 Å². The van der Waals surface area contributed by atoms with Gasteiger partial charge < -0.3 is 4.90 Å². The fourth-order valence-electron chi connectivity index (χ4n) is 3.55. The van der Waals surface area contributed by atoms with Crippen LogP contribution in [0.1, 0.15) is 11.1 Å². The molecule has 0 fully saturated rings. The molecule has 33 heavy (non-hydrogen) atoms. The minimum absolute atomic E-state index is 0.0575. The predicted octanol–water partition coefficient (Wildman–Crippen LogP) is 5.45. The molecule has 166 valence electrons. The molecule has 4 aromatic rings. The fourth-order valence-corrected chi connectivity index (χ4v) is 4.40. The van der Waals surface area contributed by atoms with Crippen LogP contribution in [0.4, 0.5) is 0 Å². The highest BCUT2D eigenvalue weighted by Gasteiger charge is 2.19. The molecule has 0 saturated carbocycles. The van der Waals surface area contributed by atoms with Crippen molar-refractivity contribution in [3.8, 4) is 11.4 Å². The van der Waals surface area contributed by atoms with Crippen molar-refractivity contribution in [2.45, 2.75) is 24.8 Å². The second-order valence-corrected chi connectivity index (χ2v) is 8.52. The Labute approximate surface area is 198 Å². The van der Waals surface area contributed by atoms with Crippen LogP contribution in [0, 0.1) is 0 Å². The van der Waals surface area contributed by atoms with Gasteiger partial charge in [-0.25, -0.2) is 0 Å². The molecule has 5 nitrogen and oxygen atoms in total. The number of benzene rings is 3. The van der Waals surface area contributed by atoms with Crippen molar-refractivity contribution < 1.29 is 4.79 Å². The average molecular weight is 455 g/mol. The molecule has 1 aromatic heterocycles. The lowest BCUT2D eigenvalue weighted by Gasteiger charge is -2.23. The third-order valence-corrected chi connectivity index (χ3v) is 6.12. The highest BCUT2D eigenvalue weighted by atomic mass is 32.2. The van der Waals surface area contributed by atoms with E-state index >= 15 is 0 Å². The van der Waals surface area contributed by atoms with E-state index in [9.17, 15) is 4.79 Å². The topological polar surface area (TPSA) is 51.0 Å². The normalized spacial score (nSPS) is 10.7. The number of carbonyl (C=O) groups is 1. The van der Waals surface area contributed by atoms with Gasteiger partial charge in [-0.3, -0.25) is 9.36 Å². The number of aromatic nitrogens is 3. The van der Waals surface area contributed by atoms with E-state index in [-0.39, 0.29) is 11.7 Å². The van der Waals surface area contributed by atoms with Gasteiger partial charge in [0.05, 0.1) is 5.75 Å². The van der Waals surface area contributed by atoms with Gasteiger partial charge in [0.1, 0.15) is 0 Å². The van der Waals surface area contributed by atoms with E-state index in [2.05, 4.69) is 16.8 Å². The Hall–Kier alpha value is -3.64. The standard InChI is InChI=1S/C27H26N4OS/c1-2-18-31-26(24-16-10-5-11-17-24)28-29-27(31)33-21-25(32)30(19-22-12-6-3-7-13-22)20-23-14-8-4-9-15-23/h2-17H,1,18-21H2. The van der Waals surface area contributed by atoms with Gasteiger partial charge in [-0.1, -0.05) is 109 Å². The molecule has 4 rings (SSSR count). The lowest BCUT2D eigenvalue weighted by molar-refractivity contribution is -0.129. The van der Waals surface area contributed by atoms with Crippen LogP contribution in [-0.2, 0) is 24.4 Å². The van der Waals surface area contributed by atoms with Crippen molar-refractivity contribution in [1.82, 2.24) is 19.7 Å². The summed E-state index contributed by atoms with van der Waals surface area (Å²) in [4.78, 5) is 15.2. The summed E-state index contributed by atoms with van der Waals surface area (Å²) in [5.41, 5.74) is 3.20. The summed E-state index contributed by atoms with van der Waals surface area (Å²) < 4.78 is 2.00. The van der Waals surface area contributed by atoms with E-state index in [0.717, 1.165) is 22.5 Å². The van der Waals surface area contributed by atoms with Gasteiger partial charge >= 0.3 is 0 Å². The minimum atomic E-state index is 0.0575. The first-order chi connectivity index (χ1) is 16.2. The molecule has 0 radical (unpaired) electrons. The van der Waals surface area contributed by atoms with Gasteiger partial charge in [-0.15, -0.1) is 16.8 Å². The Morgan fingerprint density at radius 1 is 0.848 bits per heavy atom. The number of rotatable bonds is 10. The molecule has 0 saturated heterocycles. The summed E-state index contributed by atoms with van der Waals surface area (Å²) in [5.74, 6) is 1.11. The zero-order chi connectivity index (χ0) is 22.9. The summed E-state index contributed by atoms with van der Waals surface area (Å²) in [7, 11) is 0. The first-order valence-electron chi connectivity index (χ1n) is 10.8. The van der Waals surface area contributed by atoms with Crippen molar-refractivity contribution in [2.75, 3.05) is 5.75 Å². The van der Waals surface area contributed by atoms with Crippen molar-refractivity contribution in [1.29, 1.82) is 0 Å². The van der Waals surface area contributed by atoms with Crippen LogP contribution >= 0.6 is 11.8 Å². The quantitative estimate of drug-likeness (QED) is 0.236. The number of allylic oxidation sites excluding steroid dienone is 1. The van der Waals surface area contributed by atoms with Crippen molar-refractivity contribution in [3.63, 3.8) is 0 Å². The Morgan fingerprint density at radius 2 is 1.39 bits per heavy atom. The lowest BCUT2D eigenvalue weighted by atomic mass is 10.1. The Kier molecular flexibility index (Phi) is 7.72. The summed E-state index contributed by atoms with van der Waals surface area (Å²) in [6, 6.07) is 30.1. The largest absolute Gasteiger partial charge is 0.333 e. The van der Waals surface area contributed by atoms with Crippen LogP contribution in [-0.4, -0.2) is 31.3 Å². The maximum atomic E-state index is 13.3. The third kappa shape index (κ3) is 5.99. The molecule has 1 amide bonds. The Bertz CT molecular complexity index is 1140. The Balaban J connectivity index is 1.51. The molecular formula is C27H26N4OS. The average Bonchev–Trinajstić information content (AvgIpc) is 3.26. The maximum Gasteiger partial charge on any atom is 0.233 e. The van der Waals surface area contributed by atoms with E-state index in [0.29, 0.717) is 24.8 Å². The van der Waals surface area contributed by atoms with Crippen LogP contribution in [0.3, 0.4) is 0 Å². The molecule has 0 aliphatic rings. The SMILES string of the molecule is C=CCn1c(SCC(=O)N(Cc2ccccc2)Cc2ccccc2)nnc1-c1ccccc1. The number of carbonyl (C=O) groups excluding carboxylic acids is 1. The predicted molar refractivity (Wildman–Crippen MR) is 134 cm³/mol. The lowest BCUT2D eigenvalue weighted by Crippen LogP contribution is -2.31. The first-order valence-corrected chi connectivity index (χ1v) is 11.8. The number of thioether (sulfide) groups is 1. The summed E-state index contributed by atoms with van der Waals surface area (Å²) in [6.45, 7) is 5.56. The molecular weight excluding hydrogens is 428 g/mol. The van der Waals surface area contributed by atoms with E-state index in [1.165, 1.54) is 11.8 Å². The molecule has 3 aromatic carbocycles. The van der Waals surface area contributed by atoms with Crippen molar-refractivity contribution >= 4 is 17.7 Å². The molecule has 0 aliphatic heterocycles. The van der Waals surface area contributed by atoms with Crippen LogP contribution in [0.25, 0.3) is 11.4 Å². The zero-order valence-corrected chi connectivity index (χ0v) is 19.2. The van der Waals surface area contributed by atoms with Gasteiger partial charge in [0, 0.05) is 25.2 Å². The van der Waals surface area contributed by atoms with E-state index in [1.54, 1.807) is 0 Å². The van der Waals surface area contributed by atoms with Crippen LogP contribution in [0.15, 0.2) is 109 Å². The molecule has 0 bridgehead atoms. The Morgan fingerprint density at radius 3 is 1.94 bits per heavy atom. The summed E-state index contributed by atoms with van der Waals surface area (Å²) in [6.07, 6.45) is 1.82.